The predicted molar refractivity (Wildman–Crippen MR) is 115 cm³/mol. The Labute approximate surface area is 194 Å². The lowest BCUT2D eigenvalue weighted by molar-refractivity contribution is -0.137. The molecule has 1 saturated heterocycles. The van der Waals surface area contributed by atoms with Gasteiger partial charge in [0.15, 0.2) is 5.82 Å². The molecule has 1 spiro atoms. The summed E-state index contributed by atoms with van der Waals surface area (Å²) in [6, 6.07) is 0.808. The molecule has 1 aliphatic carbocycles. The molecule has 1 aromatic heterocycles. The summed E-state index contributed by atoms with van der Waals surface area (Å²) in [4.78, 5) is 0. The van der Waals surface area contributed by atoms with Crippen LogP contribution in [0.4, 0.5) is 23.4 Å². The Kier molecular flexibility index (Phi) is 6.97. The molecule has 0 amide bonds. The summed E-state index contributed by atoms with van der Waals surface area (Å²) in [5.74, 6) is -1.68. The van der Waals surface area contributed by atoms with Crippen molar-refractivity contribution in [3.8, 4) is 17.0 Å². The number of phenolic OH excluding ortho intramolecular Hbond substituents is 1. The molecule has 3 heterocycles. The van der Waals surface area contributed by atoms with Crippen LogP contribution in [0.3, 0.4) is 0 Å². The maximum Gasteiger partial charge on any atom is 0.416 e. The van der Waals surface area contributed by atoms with Crippen molar-refractivity contribution in [3.63, 3.8) is 0 Å². The standard InChI is InChI=1S/C17H15F4N3O3.C6H12O/c1-22-15-13-9(6-27-16(13)2-3-26-7-16)14(23-24-15)12-10(18)4-8(5-11(12)25)17(19,20)21;1-7-6-4-2-3-5-6/h4-5,25H,2-3,6-7H2,1H3,(H,22,24);6H,2-5H2,1H3. The highest BCUT2D eigenvalue weighted by Gasteiger charge is 2.47. The zero-order chi connectivity index (χ0) is 24.5. The van der Waals surface area contributed by atoms with Gasteiger partial charge in [0.25, 0.3) is 0 Å². The number of benzene rings is 1. The molecule has 1 aromatic carbocycles. The van der Waals surface area contributed by atoms with Gasteiger partial charge in [-0.3, -0.25) is 0 Å². The van der Waals surface area contributed by atoms with Crippen molar-refractivity contribution in [2.24, 2.45) is 0 Å². The van der Waals surface area contributed by atoms with Crippen molar-refractivity contribution < 1.29 is 36.9 Å². The van der Waals surface area contributed by atoms with Crippen LogP contribution in [0.1, 0.15) is 48.8 Å². The molecule has 7 nitrogen and oxygen atoms in total. The molecule has 0 radical (unpaired) electrons. The van der Waals surface area contributed by atoms with Gasteiger partial charge in [-0.25, -0.2) is 4.39 Å². The number of aromatic hydroxyl groups is 1. The van der Waals surface area contributed by atoms with E-state index in [0.717, 1.165) is 0 Å². The molecule has 3 aliphatic rings. The fourth-order valence-corrected chi connectivity index (χ4v) is 4.73. The monoisotopic (exact) mass is 485 g/mol. The lowest BCUT2D eigenvalue weighted by atomic mass is 9.90. The molecule has 186 valence electrons. The van der Waals surface area contributed by atoms with Gasteiger partial charge in [-0.05, 0) is 25.0 Å². The lowest BCUT2D eigenvalue weighted by Crippen LogP contribution is -2.27. The first kappa shape index (κ1) is 24.6. The van der Waals surface area contributed by atoms with Gasteiger partial charge in [0, 0.05) is 38.3 Å². The third-order valence-electron chi connectivity index (χ3n) is 6.51. The fourth-order valence-electron chi connectivity index (χ4n) is 4.73. The van der Waals surface area contributed by atoms with Crippen molar-refractivity contribution >= 4 is 5.82 Å². The number of aromatic nitrogens is 2. The number of anilines is 1. The number of ether oxygens (including phenoxy) is 3. The van der Waals surface area contributed by atoms with Gasteiger partial charge >= 0.3 is 6.18 Å². The minimum Gasteiger partial charge on any atom is -0.507 e. The Morgan fingerprint density at radius 2 is 1.94 bits per heavy atom. The molecule has 2 fully saturated rings. The van der Waals surface area contributed by atoms with Gasteiger partial charge in [0.2, 0.25) is 0 Å². The van der Waals surface area contributed by atoms with E-state index < -0.39 is 34.5 Å². The number of nitrogens with one attached hydrogen (secondary N) is 1. The van der Waals surface area contributed by atoms with Crippen molar-refractivity contribution in [1.82, 2.24) is 10.2 Å². The number of rotatable bonds is 3. The van der Waals surface area contributed by atoms with Gasteiger partial charge in [-0.15, -0.1) is 10.2 Å². The predicted octanol–water partition coefficient (Wildman–Crippen LogP) is 4.77. The minimum absolute atomic E-state index is 0.0449. The number of hydrogen-bond donors (Lipinski definition) is 2. The van der Waals surface area contributed by atoms with E-state index in [1.165, 1.54) is 25.7 Å². The zero-order valence-electron chi connectivity index (χ0n) is 19.0. The largest absolute Gasteiger partial charge is 0.507 e. The average molecular weight is 485 g/mol. The van der Waals surface area contributed by atoms with Gasteiger partial charge in [-0.2, -0.15) is 13.2 Å². The van der Waals surface area contributed by atoms with Gasteiger partial charge in [0.05, 0.1) is 30.4 Å². The van der Waals surface area contributed by atoms with Gasteiger partial charge in [0.1, 0.15) is 22.9 Å². The van der Waals surface area contributed by atoms with Crippen LogP contribution in [0.15, 0.2) is 12.1 Å². The van der Waals surface area contributed by atoms with Gasteiger partial charge in [-0.1, -0.05) is 12.8 Å². The van der Waals surface area contributed by atoms with E-state index in [1.54, 1.807) is 14.2 Å². The SMILES string of the molecule is CNc1nnc(-c2c(O)cc(C(F)(F)F)cc2F)c2c1C1(CCOC1)OC2.COC1CCCC1. The molecule has 0 bridgehead atoms. The second kappa shape index (κ2) is 9.63. The molecule has 1 saturated carbocycles. The molecule has 1 unspecified atom stereocenters. The summed E-state index contributed by atoms with van der Waals surface area (Å²) in [6.07, 6.45) is 1.69. The number of phenols is 1. The number of fused-ring (bicyclic) bond motifs is 2. The third-order valence-corrected chi connectivity index (χ3v) is 6.51. The Balaban J connectivity index is 0.000000336. The van der Waals surface area contributed by atoms with Crippen molar-refractivity contribution in [3.05, 3.63) is 34.6 Å². The Morgan fingerprint density at radius 1 is 1.21 bits per heavy atom. The molecular weight excluding hydrogens is 458 g/mol. The van der Waals surface area contributed by atoms with Crippen LogP contribution in [0.25, 0.3) is 11.3 Å². The maximum atomic E-state index is 14.5. The lowest BCUT2D eigenvalue weighted by Gasteiger charge is -2.23. The van der Waals surface area contributed by atoms with E-state index in [1.807, 2.05) is 0 Å². The quantitative estimate of drug-likeness (QED) is 0.606. The number of nitrogens with zero attached hydrogens (tertiary/aromatic N) is 2. The van der Waals surface area contributed by atoms with Crippen molar-refractivity contribution in [2.75, 3.05) is 32.7 Å². The van der Waals surface area contributed by atoms with Crippen LogP contribution in [-0.2, 0) is 32.6 Å². The van der Waals surface area contributed by atoms with E-state index in [0.29, 0.717) is 48.2 Å². The Hall–Kier alpha value is -2.50. The molecule has 5 rings (SSSR count). The topological polar surface area (TPSA) is 85.7 Å². The van der Waals surface area contributed by atoms with E-state index in [9.17, 15) is 22.7 Å². The highest BCUT2D eigenvalue weighted by atomic mass is 19.4. The highest BCUT2D eigenvalue weighted by Crippen LogP contribution is 2.49. The summed E-state index contributed by atoms with van der Waals surface area (Å²) >= 11 is 0. The average Bonchev–Trinajstić information content (AvgIpc) is 3.56. The van der Waals surface area contributed by atoms with Crippen molar-refractivity contribution in [1.29, 1.82) is 0 Å². The van der Waals surface area contributed by atoms with Crippen molar-refractivity contribution in [2.45, 2.75) is 56.6 Å². The molecule has 1 atom stereocenters. The van der Waals surface area contributed by atoms with Crippen LogP contribution >= 0.6 is 0 Å². The van der Waals surface area contributed by atoms with Crippen LogP contribution in [-0.4, -0.2) is 48.8 Å². The van der Waals surface area contributed by atoms with E-state index in [2.05, 4.69) is 15.5 Å². The Morgan fingerprint density at radius 3 is 2.47 bits per heavy atom. The summed E-state index contributed by atoms with van der Waals surface area (Å²) < 4.78 is 69.5. The smallest absolute Gasteiger partial charge is 0.416 e. The van der Waals surface area contributed by atoms with Crippen LogP contribution in [0, 0.1) is 5.82 Å². The summed E-state index contributed by atoms with van der Waals surface area (Å²) in [5.41, 5.74) is -1.43. The number of hydrogen-bond acceptors (Lipinski definition) is 7. The van der Waals surface area contributed by atoms with Gasteiger partial charge < -0.3 is 24.6 Å². The number of methoxy groups -OCH3 is 1. The molecule has 2 N–H and O–H groups in total. The number of alkyl halides is 3. The van der Waals surface area contributed by atoms with E-state index in [-0.39, 0.29) is 18.9 Å². The summed E-state index contributed by atoms with van der Waals surface area (Å²) in [7, 11) is 3.44. The van der Waals surface area contributed by atoms with Crippen LogP contribution in [0.2, 0.25) is 0 Å². The first-order chi connectivity index (χ1) is 16.2. The van der Waals surface area contributed by atoms with E-state index >= 15 is 0 Å². The van der Waals surface area contributed by atoms with Crippen LogP contribution in [0.5, 0.6) is 5.75 Å². The fraction of sp³-hybridized carbons (Fsp3) is 0.565. The third kappa shape index (κ3) is 4.56. The molecule has 34 heavy (non-hydrogen) atoms. The maximum absolute atomic E-state index is 14.5. The first-order valence-electron chi connectivity index (χ1n) is 11.1. The minimum atomic E-state index is -4.78. The molecule has 2 aliphatic heterocycles. The first-order valence-corrected chi connectivity index (χ1v) is 11.1. The van der Waals surface area contributed by atoms with E-state index in [4.69, 9.17) is 14.2 Å². The Bertz CT molecular complexity index is 1010. The van der Waals surface area contributed by atoms with Crippen LogP contribution < -0.4 is 5.32 Å². The molecule has 11 heteroatoms. The summed E-state index contributed by atoms with van der Waals surface area (Å²) in [6.45, 7) is 0.805. The second-order valence-electron chi connectivity index (χ2n) is 8.58. The number of halogens is 4. The highest BCUT2D eigenvalue weighted by molar-refractivity contribution is 5.74. The second-order valence-corrected chi connectivity index (χ2v) is 8.58. The molecule has 2 aromatic rings. The summed E-state index contributed by atoms with van der Waals surface area (Å²) in [5, 5.41) is 21.0. The zero-order valence-corrected chi connectivity index (χ0v) is 19.0. The normalized spacial score (nSPS) is 22.1. The molecular formula is C23H27F4N3O4.